The van der Waals surface area contributed by atoms with Gasteiger partial charge in [0, 0.05) is 10.4 Å². The van der Waals surface area contributed by atoms with Gasteiger partial charge in [-0.05, 0) is 37.1 Å². The summed E-state index contributed by atoms with van der Waals surface area (Å²) in [6, 6.07) is 3.99. The van der Waals surface area contributed by atoms with Gasteiger partial charge in [-0.2, -0.15) is 0 Å². The van der Waals surface area contributed by atoms with Crippen molar-refractivity contribution in [1.82, 2.24) is 10.6 Å². The molecule has 3 N–H and O–H groups in total. The third kappa shape index (κ3) is 4.80. The summed E-state index contributed by atoms with van der Waals surface area (Å²) in [5.74, 6) is 0.445. The van der Waals surface area contributed by atoms with Gasteiger partial charge in [-0.15, -0.1) is 11.3 Å². The first kappa shape index (κ1) is 16.5. The van der Waals surface area contributed by atoms with Gasteiger partial charge in [0.25, 0.3) is 0 Å². The monoisotopic (exact) mass is 310 g/mol. The van der Waals surface area contributed by atoms with Crippen LogP contribution in [-0.2, 0) is 11.3 Å². The molecular formula is C16H26N2O2S. The number of amides is 1. The molecule has 0 spiro atoms. The summed E-state index contributed by atoms with van der Waals surface area (Å²) in [6.45, 7) is 2.96. The van der Waals surface area contributed by atoms with Crippen LogP contribution in [0.1, 0.15) is 43.9 Å². The van der Waals surface area contributed by atoms with E-state index in [0.717, 1.165) is 17.7 Å². The number of aliphatic hydroxyl groups excluding tert-OH is 1. The fourth-order valence-corrected chi connectivity index (χ4v) is 3.66. The minimum atomic E-state index is -0.347. The zero-order chi connectivity index (χ0) is 15.1. The lowest BCUT2D eigenvalue weighted by Gasteiger charge is -2.39. The quantitative estimate of drug-likeness (QED) is 0.724. The maximum atomic E-state index is 11.9. The number of hydrogen-bond donors (Lipinski definition) is 3. The highest BCUT2D eigenvalue weighted by Crippen LogP contribution is 2.32. The molecule has 21 heavy (non-hydrogen) atoms. The van der Waals surface area contributed by atoms with Crippen LogP contribution in [-0.4, -0.2) is 29.7 Å². The summed E-state index contributed by atoms with van der Waals surface area (Å²) < 4.78 is 0. The van der Waals surface area contributed by atoms with Gasteiger partial charge in [0.15, 0.2) is 0 Å². The van der Waals surface area contributed by atoms with Crippen LogP contribution in [0.3, 0.4) is 0 Å². The SMILES string of the molecule is CC(CO)(NCC(=O)NCc1cccs1)C1CCCCC1. The van der Waals surface area contributed by atoms with Crippen LogP contribution in [0.5, 0.6) is 0 Å². The van der Waals surface area contributed by atoms with Gasteiger partial charge >= 0.3 is 0 Å². The van der Waals surface area contributed by atoms with Crippen LogP contribution in [0.25, 0.3) is 0 Å². The van der Waals surface area contributed by atoms with Crippen molar-refractivity contribution in [3.8, 4) is 0 Å². The van der Waals surface area contributed by atoms with E-state index < -0.39 is 0 Å². The highest BCUT2D eigenvalue weighted by atomic mass is 32.1. The molecule has 118 valence electrons. The van der Waals surface area contributed by atoms with Gasteiger partial charge in [-0.1, -0.05) is 25.3 Å². The Morgan fingerprint density at radius 3 is 2.81 bits per heavy atom. The molecule has 0 aromatic carbocycles. The van der Waals surface area contributed by atoms with Crippen LogP contribution in [0.2, 0.25) is 0 Å². The van der Waals surface area contributed by atoms with E-state index in [2.05, 4.69) is 10.6 Å². The Kier molecular flexibility index (Phi) is 6.21. The third-order valence-corrected chi connectivity index (χ3v) is 5.40. The van der Waals surface area contributed by atoms with Gasteiger partial charge in [0.2, 0.25) is 5.91 Å². The molecule has 1 amide bonds. The molecule has 1 aliphatic carbocycles. The van der Waals surface area contributed by atoms with E-state index in [1.165, 1.54) is 19.3 Å². The van der Waals surface area contributed by atoms with Crippen molar-refractivity contribution in [2.75, 3.05) is 13.2 Å². The molecule has 1 atom stereocenters. The van der Waals surface area contributed by atoms with Crippen molar-refractivity contribution >= 4 is 17.2 Å². The first-order valence-corrected chi connectivity index (χ1v) is 8.67. The lowest BCUT2D eigenvalue weighted by molar-refractivity contribution is -0.121. The molecule has 4 nitrogen and oxygen atoms in total. The van der Waals surface area contributed by atoms with Gasteiger partial charge in [0.1, 0.15) is 0 Å². The molecule has 5 heteroatoms. The molecular weight excluding hydrogens is 284 g/mol. The second-order valence-electron chi connectivity index (χ2n) is 6.12. The van der Waals surface area contributed by atoms with Crippen molar-refractivity contribution in [2.24, 2.45) is 5.92 Å². The number of carbonyl (C=O) groups is 1. The maximum Gasteiger partial charge on any atom is 0.234 e. The fourth-order valence-electron chi connectivity index (χ4n) is 3.01. The van der Waals surface area contributed by atoms with E-state index in [1.54, 1.807) is 11.3 Å². The highest BCUT2D eigenvalue weighted by molar-refractivity contribution is 7.09. The van der Waals surface area contributed by atoms with Gasteiger partial charge in [0.05, 0.1) is 19.7 Å². The summed E-state index contributed by atoms with van der Waals surface area (Å²) in [5, 5.41) is 17.9. The smallest absolute Gasteiger partial charge is 0.234 e. The number of thiophene rings is 1. The van der Waals surface area contributed by atoms with E-state index in [-0.39, 0.29) is 24.6 Å². The second kappa shape index (κ2) is 7.92. The van der Waals surface area contributed by atoms with Crippen molar-refractivity contribution in [3.63, 3.8) is 0 Å². The van der Waals surface area contributed by atoms with Crippen molar-refractivity contribution < 1.29 is 9.90 Å². The summed E-state index contributed by atoms with van der Waals surface area (Å²) >= 11 is 1.64. The molecule has 1 heterocycles. The van der Waals surface area contributed by atoms with Crippen molar-refractivity contribution in [2.45, 2.75) is 51.1 Å². The molecule has 1 aromatic rings. The Balaban J connectivity index is 1.77. The van der Waals surface area contributed by atoms with E-state index in [4.69, 9.17) is 0 Å². The van der Waals surface area contributed by atoms with Gasteiger partial charge in [-0.3, -0.25) is 4.79 Å². The van der Waals surface area contributed by atoms with E-state index in [1.807, 2.05) is 24.4 Å². The second-order valence-corrected chi connectivity index (χ2v) is 7.15. The summed E-state index contributed by atoms with van der Waals surface area (Å²) in [4.78, 5) is 13.1. The predicted octanol–water partition coefficient (Wildman–Crippen LogP) is 2.29. The zero-order valence-corrected chi connectivity index (χ0v) is 13.5. The normalized spacial score (nSPS) is 19.1. The standard InChI is InChI=1S/C16H26N2O2S/c1-16(12-19,13-6-3-2-4-7-13)18-11-15(20)17-10-14-8-5-9-21-14/h5,8-9,13,18-19H,2-4,6-7,10-12H2,1H3,(H,17,20). The lowest BCUT2D eigenvalue weighted by atomic mass is 9.76. The minimum Gasteiger partial charge on any atom is -0.394 e. The molecule has 1 fully saturated rings. The average Bonchev–Trinajstić information content (AvgIpc) is 3.05. The Morgan fingerprint density at radius 2 is 2.19 bits per heavy atom. The Hall–Kier alpha value is -0.910. The molecule has 2 rings (SSSR count). The maximum absolute atomic E-state index is 11.9. The van der Waals surface area contributed by atoms with E-state index in [0.29, 0.717) is 12.5 Å². The van der Waals surface area contributed by atoms with Crippen LogP contribution >= 0.6 is 11.3 Å². The van der Waals surface area contributed by atoms with Crippen LogP contribution in [0.15, 0.2) is 17.5 Å². The molecule has 0 saturated heterocycles. The van der Waals surface area contributed by atoms with E-state index >= 15 is 0 Å². The first-order chi connectivity index (χ1) is 10.1. The summed E-state index contributed by atoms with van der Waals surface area (Å²) in [5.41, 5.74) is -0.347. The molecule has 0 radical (unpaired) electrons. The molecule has 1 aliphatic rings. The van der Waals surface area contributed by atoms with Crippen molar-refractivity contribution in [1.29, 1.82) is 0 Å². The van der Waals surface area contributed by atoms with E-state index in [9.17, 15) is 9.90 Å². The van der Waals surface area contributed by atoms with Crippen molar-refractivity contribution in [3.05, 3.63) is 22.4 Å². The predicted molar refractivity (Wildman–Crippen MR) is 86.2 cm³/mol. The molecule has 1 unspecified atom stereocenters. The molecule has 0 bridgehead atoms. The summed E-state index contributed by atoms with van der Waals surface area (Å²) in [7, 11) is 0. The average molecular weight is 310 g/mol. The topological polar surface area (TPSA) is 61.4 Å². The number of hydrogen-bond acceptors (Lipinski definition) is 4. The Morgan fingerprint density at radius 1 is 1.43 bits per heavy atom. The van der Waals surface area contributed by atoms with Crippen LogP contribution in [0, 0.1) is 5.92 Å². The fraction of sp³-hybridized carbons (Fsp3) is 0.688. The number of nitrogens with one attached hydrogen (secondary N) is 2. The first-order valence-electron chi connectivity index (χ1n) is 7.79. The molecule has 0 aliphatic heterocycles. The number of aliphatic hydroxyl groups is 1. The molecule has 1 aromatic heterocycles. The van der Waals surface area contributed by atoms with Gasteiger partial charge in [-0.25, -0.2) is 0 Å². The number of rotatable bonds is 7. The third-order valence-electron chi connectivity index (χ3n) is 4.53. The van der Waals surface area contributed by atoms with Crippen LogP contribution in [0.4, 0.5) is 0 Å². The largest absolute Gasteiger partial charge is 0.394 e. The minimum absolute atomic E-state index is 0.0149. The summed E-state index contributed by atoms with van der Waals surface area (Å²) in [6.07, 6.45) is 6.03. The Bertz CT molecular complexity index is 429. The van der Waals surface area contributed by atoms with Gasteiger partial charge < -0.3 is 15.7 Å². The number of carbonyl (C=O) groups excluding carboxylic acids is 1. The Labute approximate surface area is 131 Å². The molecule has 1 saturated carbocycles. The van der Waals surface area contributed by atoms with Crippen LogP contribution < -0.4 is 10.6 Å². The lowest BCUT2D eigenvalue weighted by Crippen LogP contribution is -2.55. The zero-order valence-electron chi connectivity index (χ0n) is 12.7. The highest BCUT2D eigenvalue weighted by Gasteiger charge is 2.34.